The van der Waals surface area contributed by atoms with E-state index in [4.69, 9.17) is 11.6 Å². The van der Waals surface area contributed by atoms with Gasteiger partial charge in [-0.2, -0.15) is 0 Å². The van der Waals surface area contributed by atoms with Gasteiger partial charge in [0.05, 0.1) is 16.6 Å². The van der Waals surface area contributed by atoms with Crippen molar-refractivity contribution < 1.29 is 9.18 Å². The summed E-state index contributed by atoms with van der Waals surface area (Å²) in [4.78, 5) is 16.6. The molecule has 3 aromatic rings. The number of benzene rings is 2. The summed E-state index contributed by atoms with van der Waals surface area (Å²) < 4.78 is 15.7. The summed E-state index contributed by atoms with van der Waals surface area (Å²) in [5, 5.41) is 3.02. The van der Waals surface area contributed by atoms with E-state index in [1.54, 1.807) is 35.2 Å². The molecule has 118 valence electrons. The number of amides is 1. The number of nitrogens with one attached hydrogen (secondary N) is 1. The summed E-state index contributed by atoms with van der Waals surface area (Å²) in [6.07, 6.45) is 1.86. The normalized spacial score (nSPS) is 10.9. The van der Waals surface area contributed by atoms with Gasteiger partial charge in [0.25, 0.3) is 0 Å². The first-order chi connectivity index (χ1) is 11.1. The van der Waals surface area contributed by atoms with Crippen molar-refractivity contribution in [3.63, 3.8) is 0 Å². The lowest BCUT2D eigenvalue weighted by Gasteiger charge is -2.07. The van der Waals surface area contributed by atoms with Crippen molar-refractivity contribution in [3.05, 3.63) is 52.8 Å². The fourth-order valence-electron chi connectivity index (χ4n) is 2.14. The minimum atomic E-state index is -0.477. The van der Waals surface area contributed by atoms with Crippen molar-refractivity contribution in [3.8, 4) is 0 Å². The second kappa shape index (κ2) is 6.86. The maximum absolute atomic E-state index is 13.7. The van der Waals surface area contributed by atoms with E-state index in [-0.39, 0.29) is 22.9 Å². The fraction of sp³-hybridized carbons (Fsp3) is 0.125. The lowest BCUT2D eigenvalue weighted by Crippen LogP contribution is -2.15. The number of rotatable bonds is 4. The number of aromatic nitrogens is 1. The summed E-state index contributed by atoms with van der Waals surface area (Å²) in [6, 6.07) is 9.89. The van der Waals surface area contributed by atoms with Crippen molar-refractivity contribution in [2.75, 3.05) is 11.6 Å². The molecule has 23 heavy (non-hydrogen) atoms. The number of hydrogen-bond acceptors (Lipinski definition) is 4. The van der Waals surface area contributed by atoms with Crippen LogP contribution in [-0.4, -0.2) is 17.1 Å². The van der Waals surface area contributed by atoms with Gasteiger partial charge in [0.2, 0.25) is 5.91 Å². The van der Waals surface area contributed by atoms with Crippen molar-refractivity contribution in [1.82, 2.24) is 4.98 Å². The Morgan fingerprint density at radius 2 is 2.22 bits per heavy atom. The Labute approximate surface area is 145 Å². The van der Waals surface area contributed by atoms with Crippen LogP contribution in [0.3, 0.4) is 0 Å². The van der Waals surface area contributed by atoms with Crippen LogP contribution in [0.15, 0.2) is 40.7 Å². The van der Waals surface area contributed by atoms with E-state index in [1.165, 1.54) is 12.1 Å². The molecule has 0 saturated carbocycles. The molecule has 0 atom stereocenters. The average Bonchev–Trinajstić information content (AvgIpc) is 2.93. The van der Waals surface area contributed by atoms with E-state index in [0.29, 0.717) is 5.69 Å². The number of anilines is 1. The molecule has 1 aromatic heterocycles. The SMILES string of the molecule is CSc1nc2ccc(NC(=O)Cc3c(F)cccc3Cl)cc2s1. The first-order valence-electron chi connectivity index (χ1n) is 6.74. The van der Waals surface area contributed by atoms with Crippen molar-refractivity contribution in [2.45, 2.75) is 10.8 Å². The van der Waals surface area contributed by atoms with Gasteiger partial charge in [-0.15, -0.1) is 11.3 Å². The highest BCUT2D eigenvalue weighted by atomic mass is 35.5. The van der Waals surface area contributed by atoms with Crippen molar-refractivity contribution >= 4 is 56.5 Å². The highest BCUT2D eigenvalue weighted by Gasteiger charge is 2.12. The summed E-state index contributed by atoms with van der Waals surface area (Å²) in [5.74, 6) is -0.791. The molecule has 0 aliphatic heterocycles. The van der Waals surface area contributed by atoms with Crippen molar-refractivity contribution in [1.29, 1.82) is 0 Å². The molecule has 0 bridgehead atoms. The summed E-state index contributed by atoms with van der Waals surface area (Å²) >= 11 is 9.09. The van der Waals surface area contributed by atoms with Gasteiger partial charge in [0.15, 0.2) is 4.34 Å². The van der Waals surface area contributed by atoms with E-state index in [1.807, 2.05) is 18.4 Å². The third-order valence-electron chi connectivity index (χ3n) is 3.23. The van der Waals surface area contributed by atoms with Gasteiger partial charge in [-0.05, 0) is 36.6 Å². The first-order valence-corrected chi connectivity index (χ1v) is 9.16. The van der Waals surface area contributed by atoms with Gasteiger partial charge >= 0.3 is 0 Å². The zero-order valence-electron chi connectivity index (χ0n) is 12.1. The Hall–Kier alpha value is -1.63. The summed E-state index contributed by atoms with van der Waals surface area (Å²) in [6.45, 7) is 0. The molecule has 3 rings (SSSR count). The average molecular weight is 367 g/mol. The minimum absolute atomic E-state index is 0.109. The molecular weight excluding hydrogens is 355 g/mol. The molecule has 0 fully saturated rings. The summed E-state index contributed by atoms with van der Waals surface area (Å²) in [5.41, 5.74) is 1.76. The summed E-state index contributed by atoms with van der Waals surface area (Å²) in [7, 11) is 0. The third kappa shape index (κ3) is 3.65. The van der Waals surface area contributed by atoms with Crippen LogP contribution in [0, 0.1) is 5.82 Å². The van der Waals surface area contributed by atoms with E-state index < -0.39 is 5.82 Å². The van der Waals surface area contributed by atoms with Crippen LogP contribution in [0.1, 0.15) is 5.56 Å². The van der Waals surface area contributed by atoms with Gasteiger partial charge in [0, 0.05) is 16.3 Å². The second-order valence-corrected chi connectivity index (χ2v) is 7.28. The number of carbonyl (C=O) groups excluding carboxylic acids is 1. The van der Waals surface area contributed by atoms with Crippen LogP contribution < -0.4 is 5.32 Å². The molecule has 0 unspecified atom stereocenters. The van der Waals surface area contributed by atoms with Crippen LogP contribution in [0.5, 0.6) is 0 Å². The molecule has 7 heteroatoms. The smallest absolute Gasteiger partial charge is 0.228 e. The Morgan fingerprint density at radius 3 is 2.96 bits per heavy atom. The predicted molar refractivity (Wildman–Crippen MR) is 95.1 cm³/mol. The van der Waals surface area contributed by atoms with Crippen LogP contribution in [-0.2, 0) is 11.2 Å². The molecule has 0 radical (unpaired) electrons. The largest absolute Gasteiger partial charge is 0.326 e. The third-order valence-corrected chi connectivity index (χ3v) is 5.58. The van der Waals surface area contributed by atoms with Gasteiger partial charge in [0.1, 0.15) is 5.82 Å². The molecule has 0 aliphatic carbocycles. The first kappa shape index (κ1) is 16.2. The monoisotopic (exact) mass is 366 g/mol. The zero-order valence-corrected chi connectivity index (χ0v) is 14.5. The molecular formula is C16H12ClFN2OS2. The zero-order chi connectivity index (χ0) is 16.4. The number of carbonyl (C=O) groups is 1. The second-order valence-electron chi connectivity index (χ2n) is 4.79. The molecule has 3 nitrogen and oxygen atoms in total. The number of hydrogen-bond donors (Lipinski definition) is 1. The molecule has 1 heterocycles. The van der Waals surface area contributed by atoms with Crippen LogP contribution in [0.25, 0.3) is 10.2 Å². The van der Waals surface area contributed by atoms with Crippen molar-refractivity contribution in [2.24, 2.45) is 0 Å². The molecule has 0 saturated heterocycles. The van der Waals surface area contributed by atoms with Crippen LogP contribution in [0.2, 0.25) is 5.02 Å². The van der Waals surface area contributed by atoms with Gasteiger partial charge in [-0.1, -0.05) is 29.4 Å². The van der Waals surface area contributed by atoms with E-state index >= 15 is 0 Å². The lowest BCUT2D eigenvalue weighted by molar-refractivity contribution is -0.115. The number of nitrogens with zero attached hydrogens (tertiary/aromatic N) is 1. The molecule has 1 amide bonds. The maximum Gasteiger partial charge on any atom is 0.228 e. The number of thiazole rings is 1. The van der Waals surface area contributed by atoms with E-state index in [2.05, 4.69) is 10.3 Å². The lowest BCUT2D eigenvalue weighted by atomic mass is 10.1. The Morgan fingerprint density at radius 1 is 1.39 bits per heavy atom. The minimum Gasteiger partial charge on any atom is -0.326 e. The Kier molecular flexibility index (Phi) is 4.84. The molecule has 1 N–H and O–H groups in total. The molecule has 0 spiro atoms. The quantitative estimate of drug-likeness (QED) is 0.661. The fourth-order valence-corrected chi connectivity index (χ4v) is 3.89. The van der Waals surface area contributed by atoms with Gasteiger partial charge in [-0.3, -0.25) is 4.79 Å². The van der Waals surface area contributed by atoms with Crippen LogP contribution >= 0.6 is 34.7 Å². The number of thioether (sulfide) groups is 1. The topological polar surface area (TPSA) is 42.0 Å². The maximum atomic E-state index is 13.7. The standard InChI is InChI=1S/C16H12ClFN2OS2/c1-22-16-20-13-6-5-9(7-14(13)23-16)19-15(21)8-10-11(17)3-2-4-12(10)18/h2-7H,8H2,1H3,(H,19,21). The molecule has 0 aliphatic rings. The Bertz CT molecular complexity index is 861. The molecule has 2 aromatic carbocycles. The van der Waals surface area contributed by atoms with Crippen LogP contribution in [0.4, 0.5) is 10.1 Å². The number of fused-ring (bicyclic) bond motifs is 1. The highest BCUT2D eigenvalue weighted by Crippen LogP contribution is 2.30. The number of halogens is 2. The van der Waals surface area contributed by atoms with Gasteiger partial charge < -0.3 is 5.32 Å². The van der Waals surface area contributed by atoms with Gasteiger partial charge in [-0.25, -0.2) is 9.37 Å². The van der Waals surface area contributed by atoms with E-state index in [0.717, 1.165) is 14.6 Å². The van der Waals surface area contributed by atoms with E-state index in [9.17, 15) is 9.18 Å². The predicted octanol–water partition coefficient (Wildman–Crippen LogP) is 4.99. The highest BCUT2D eigenvalue weighted by molar-refractivity contribution is 8.00. The Balaban J connectivity index is 1.77.